The molecule has 1 unspecified atom stereocenters. The minimum Gasteiger partial charge on any atom is -0.454 e. The number of ether oxygens (including phenoxy) is 2. The van der Waals surface area contributed by atoms with Crippen LogP contribution in [0.5, 0.6) is 11.5 Å². The second kappa shape index (κ2) is 7.16. The number of hydrogen-bond donors (Lipinski definition) is 1. The third-order valence-corrected chi connectivity index (χ3v) is 4.37. The highest BCUT2D eigenvalue weighted by molar-refractivity contribution is 6.42. The summed E-state index contributed by atoms with van der Waals surface area (Å²) in [6.45, 7) is 2.11. The molecule has 1 heterocycles. The molecule has 0 bridgehead atoms. The number of carbonyl (C=O) groups excluding carboxylic acids is 1. The molecule has 2 aromatic carbocycles. The Morgan fingerprint density at radius 1 is 1.12 bits per heavy atom. The molecular formula is C18H15Cl2NO3. The molecule has 3 rings (SSSR count). The van der Waals surface area contributed by atoms with Crippen molar-refractivity contribution in [2.75, 3.05) is 6.79 Å². The molecule has 0 aliphatic carbocycles. The number of fused-ring (bicyclic) bond motifs is 1. The monoisotopic (exact) mass is 363 g/mol. The molecule has 4 nitrogen and oxygen atoms in total. The molecule has 1 N–H and O–H groups in total. The van der Waals surface area contributed by atoms with Gasteiger partial charge in [0.15, 0.2) is 11.5 Å². The zero-order chi connectivity index (χ0) is 17.1. The molecule has 1 amide bonds. The molecule has 6 heteroatoms. The first-order valence-corrected chi connectivity index (χ1v) is 8.12. The third-order valence-electron chi connectivity index (χ3n) is 3.63. The number of hydrogen-bond acceptors (Lipinski definition) is 3. The first-order valence-electron chi connectivity index (χ1n) is 7.36. The Hall–Kier alpha value is -2.17. The summed E-state index contributed by atoms with van der Waals surface area (Å²) >= 11 is 11.9. The van der Waals surface area contributed by atoms with Crippen LogP contribution < -0.4 is 14.8 Å². The van der Waals surface area contributed by atoms with Gasteiger partial charge >= 0.3 is 0 Å². The maximum Gasteiger partial charge on any atom is 0.244 e. The Bertz CT molecular complexity index is 805. The molecule has 0 saturated heterocycles. The average molecular weight is 364 g/mol. The van der Waals surface area contributed by atoms with Gasteiger partial charge in [-0.15, -0.1) is 0 Å². The van der Waals surface area contributed by atoms with E-state index in [1.165, 1.54) is 6.08 Å². The van der Waals surface area contributed by atoms with Crippen molar-refractivity contribution in [2.45, 2.75) is 13.0 Å². The lowest BCUT2D eigenvalue weighted by atomic mass is 10.1. The van der Waals surface area contributed by atoms with Crippen LogP contribution in [-0.2, 0) is 4.79 Å². The standard InChI is InChI=1S/C18H15Cl2NO3/c1-11(13-4-5-14(19)15(20)9-13)21-18(22)7-3-12-2-6-16-17(8-12)24-10-23-16/h2-9,11H,10H2,1H3,(H,21,22)/b7-3+. The van der Waals surface area contributed by atoms with Gasteiger partial charge in [-0.2, -0.15) is 0 Å². The zero-order valence-electron chi connectivity index (χ0n) is 12.9. The van der Waals surface area contributed by atoms with Gasteiger partial charge < -0.3 is 14.8 Å². The summed E-state index contributed by atoms with van der Waals surface area (Å²) in [6, 6.07) is 10.6. The fourth-order valence-electron chi connectivity index (χ4n) is 2.32. The van der Waals surface area contributed by atoms with Crippen LogP contribution in [-0.4, -0.2) is 12.7 Å². The topological polar surface area (TPSA) is 47.6 Å². The molecule has 2 aromatic rings. The van der Waals surface area contributed by atoms with Crippen LogP contribution in [0.2, 0.25) is 10.0 Å². The number of benzene rings is 2. The number of carbonyl (C=O) groups is 1. The summed E-state index contributed by atoms with van der Waals surface area (Å²) in [5.74, 6) is 1.19. The van der Waals surface area contributed by atoms with Gasteiger partial charge in [0.25, 0.3) is 0 Å². The van der Waals surface area contributed by atoms with Gasteiger partial charge in [-0.1, -0.05) is 35.3 Å². The van der Waals surface area contributed by atoms with Gasteiger partial charge in [-0.05, 0) is 48.4 Å². The van der Waals surface area contributed by atoms with Crippen LogP contribution in [0.3, 0.4) is 0 Å². The quantitative estimate of drug-likeness (QED) is 0.806. The van der Waals surface area contributed by atoms with Crippen molar-refractivity contribution < 1.29 is 14.3 Å². The normalized spacial score (nSPS) is 14.0. The van der Waals surface area contributed by atoms with Crippen LogP contribution in [0.25, 0.3) is 6.08 Å². The van der Waals surface area contributed by atoms with Crippen molar-refractivity contribution in [1.82, 2.24) is 5.32 Å². The third kappa shape index (κ3) is 3.83. The fraction of sp³-hybridized carbons (Fsp3) is 0.167. The van der Waals surface area contributed by atoms with Gasteiger partial charge in [0.2, 0.25) is 12.7 Å². The molecule has 1 aliphatic heterocycles. The summed E-state index contributed by atoms with van der Waals surface area (Å²) in [4.78, 5) is 12.1. The Morgan fingerprint density at radius 3 is 2.71 bits per heavy atom. The maximum absolute atomic E-state index is 12.1. The van der Waals surface area contributed by atoms with Crippen LogP contribution >= 0.6 is 23.2 Å². The fourth-order valence-corrected chi connectivity index (χ4v) is 2.62. The molecular weight excluding hydrogens is 349 g/mol. The van der Waals surface area contributed by atoms with Crippen LogP contribution in [0.15, 0.2) is 42.5 Å². The highest BCUT2D eigenvalue weighted by Gasteiger charge is 2.13. The van der Waals surface area contributed by atoms with E-state index in [0.29, 0.717) is 21.5 Å². The van der Waals surface area contributed by atoms with E-state index < -0.39 is 0 Å². The van der Waals surface area contributed by atoms with Crippen LogP contribution in [0, 0.1) is 0 Å². The van der Waals surface area contributed by atoms with E-state index in [2.05, 4.69) is 5.32 Å². The van der Waals surface area contributed by atoms with Gasteiger partial charge in [0.1, 0.15) is 0 Å². The molecule has 0 fully saturated rings. The second-order valence-electron chi connectivity index (χ2n) is 5.35. The molecule has 0 saturated carbocycles. The number of amides is 1. The van der Waals surface area contributed by atoms with Gasteiger partial charge in [0, 0.05) is 6.08 Å². The van der Waals surface area contributed by atoms with Crippen molar-refractivity contribution in [3.8, 4) is 11.5 Å². The number of rotatable bonds is 4. The van der Waals surface area contributed by atoms with Crippen molar-refractivity contribution in [3.05, 3.63) is 63.6 Å². The Kier molecular flexibility index (Phi) is 4.97. The minimum atomic E-state index is -0.203. The van der Waals surface area contributed by atoms with Crippen molar-refractivity contribution in [1.29, 1.82) is 0 Å². The van der Waals surface area contributed by atoms with Gasteiger partial charge in [0.05, 0.1) is 16.1 Å². The van der Waals surface area contributed by atoms with Crippen molar-refractivity contribution in [3.63, 3.8) is 0 Å². The zero-order valence-corrected chi connectivity index (χ0v) is 14.4. The van der Waals surface area contributed by atoms with Crippen molar-refractivity contribution >= 4 is 35.2 Å². The lowest BCUT2D eigenvalue weighted by Gasteiger charge is -2.13. The van der Waals surface area contributed by atoms with Crippen molar-refractivity contribution in [2.24, 2.45) is 0 Å². The maximum atomic E-state index is 12.1. The average Bonchev–Trinajstić information content (AvgIpc) is 3.03. The van der Waals surface area contributed by atoms with Crippen LogP contribution in [0.1, 0.15) is 24.1 Å². The summed E-state index contributed by atoms with van der Waals surface area (Å²) in [5, 5.41) is 3.83. The lowest BCUT2D eigenvalue weighted by Crippen LogP contribution is -2.24. The van der Waals surface area contributed by atoms with Gasteiger partial charge in [-0.3, -0.25) is 4.79 Å². The van der Waals surface area contributed by atoms with Gasteiger partial charge in [-0.25, -0.2) is 0 Å². The van der Waals surface area contributed by atoms with E-state index in [-0.39, 0.29) is 18.7 Å². The Morgan fingerprint density at radius 2 is 1.92 bits per heavy atom. The highest BCUT2D eigenvalue weighted by atomic mass is 35.5. The number of halogens is 2. The van der Waals surface area contributed by atoms with E-state index in [1.54, 1.807) is 18.2 Å². The number of nitrogens with one attached hydrogen (secondary N) is 1. The first-order chi connectivity index (χ1) is 11.5. The summed E-state index contributed by atoms with van der Waals surface area (Å²) in [7, 11) is 0. The molecule has 0 aromatic heterocycles. The van der Waals surface area contributed by atoms with E-state index in [0.717, 1.165) is 11.1 Å². The molecule has 1 atom stereocenters. The van der Waals surface area contributed by atoms with E-state index in [4.69, 9.17) is 32.7 Å². The molecule has 1 aliphatic rings. The predicted octanol–water partition coefficient (Wildman–Crippen LogP) is 4.61. The highest BCUT2D eigenvalue weighted by Crippen LogP contribution is 2.32. The summed E-state index contributed by atoms with van der Waals surface area (Å²) < 4.78 is 10.6. The summed E-state index contributed by atoms with van der Waals surface area (Å²) in [6.07, 6.45) is 3.20. The van der Waals surface area contributed by atoms with E-state index in [9.17, 15) is 4.79 Å². The van der Waals surface area contributed by atoms with Crippen LogP contribution in [0.4, 0.5) is 0 Å². The molecule has 0 spiro atoms. The smallest absolute Gasteiger partial charge is 0.244 e. The SMILES string of the molecule is CC(NC(=O)/C=C/c1ccc2c(c1)OCO2)c1ccc(Cl)c(Cl)c1. The second-order valence-corrected chi connectivity index (χ2v) is 6.16. The largest absolute Gasteiger partial charge is 0.454 e. The molecule has 0 radical (unpaired) electrons. The lowest BCUT2D eigenvalue weighted by molar-refractivity contribution is -0.117. The van der Waals surface area contributed by atoms with E-state index in [1.807, 2.05) is 31.2 Å². The predicted molar refractivity (Wildman–Crippen MR) is 94.6 cm³/mol. The minimum absolute atomic E-state index is 0.186. The Balaban J connectivity index is 1.63. The van der Waals surface area contributed by atoms with E-state index >= 15 is 0 Å². The Labute approximate surface area is 150 Å². The first kappa shape index (κ1) is 16.7. The molecule has 124 valence electrons. The molecule has 24 heavy (non-hydrogen) atoms. The summed E-state index contributed by atoms with van der Waals surface area (Å²) in [5.41, 5.74) is 1.74.